The average molecular weight is 495 g/mol. The third-order valence-corrected chi connectivity index (χ3v) is 4.01. The molecule has 3 aromatic rings. The first-order valence-corrected chi connectivity index (χ1v) is 9.25. The molecule has 0 fully saturated rings. The van der Waals surface area contributed by atoms with E-state index in [2.05, 4.69) is 37.9 Å². The summed E-state index contributed by atoms with van der Waals surface area (Å²) in [7, 11) is 0. The quantitative estimate of drug-likeness (QED) is 0.281. The fourth-order valence-corrected chi connectivity index (χ4v) is 2.56. The van der Waals surface area contributed by atoms with Crippen LogP contribution < -0.4 is 10.6 Å². The largest absolute Gasteiger partial charge is 0.467 e. The molecule has 2 aromatic heterocycles. The Kier molecular flexibility index (Phi) is 8.99. The van der Waals surface area contributed by atoms with Gasteiger partial charge in [0.05, 0.1) is 6.26 Å². The molecule has 2 heterocycles. The molecule has 7 nitrogen and oxygen atoms in total. The van der Waals surface area contributed by atoms with Crippen molar-refractivity contribution in [1.29, 1.82) is 0 Å². The first-order chi connectivity index (χ1) is 13.3. The van der Waals surface area contributed by atoms with Crippen LogP contribution in [0.4, 0.5) is 0 Å². The van der Waals surface area contributed by atoms with Crippen LogP contribution in [0.2, 0.25) is 0 Å². The third-order valence-electron chi connectivity index (χ3n) is 4.01. The third kappa shape index (κ3) is 6.36. The van der Waals surface area contributed by atoms with Gasteiger partial charge in [0.15, 0.2) is 11.8 Å². The zero-order valence-electron chi connectivity index (χ0n) is 16.1. The van der Waals surface area contributed by atoms with Crippen molar-refractivity contribution in [2.75, 3.05) is 13.1 Å². The van der Waals surface area contributed by atoms with Crippen LogP contribution >= 0.6 is 24.0 Å². The second kappa shape index (κ2) is 11.5. The smallest absolute Gasteiger partial charge is 0.257 e. The highest BCUT2D eigenvalue weighted by Gasteiger charge is 2.07. The van der Waals surface area contributed by atoms with Gasteiger partial charge in [0.25, 0.3) is 5.89 Å². The zero-order valence-corrected chi connectivity index (χ0v) is 18.5. The maximum Gasteiger partial charge on any atom is 0.257 e. The molecule has 0 aliphatic heterocycles. The molecule has 0 aliphatic rings. The van der Waals surface area contributed by atoms with E-state index in [1.165, 1.54) is 5.56 Å². The Morgan fingerprint density at radius 3 is 2.57 bits per heavy atom. The molecule has 3 rings (SSSR count). The molecule has 0 atom stereocenters. The van der Waals surface area contributed by atoms with E-state index >= 15 is 0 Å². The lowest BCUT2D eigenvalue weighted by Crippen LogP contribution is -2.38. The van der Waals surface area contributed by atoms with Crippen LogP contribution in [0.25, 0.3) is 11.5 Å². The fourth-order valence-electron chi connectivity index (χ4n) is 2.56. The number of hydrogen-bond donors (Lipinski definition) is 2. The number of aryl methyl sites for hydroxylation is 1. The molecule has 2 N–H and O–H groups in total. The van der Waals surface area contributed by atoms with E-state index in [0.717, 1.165) is 49.0 Å². The van der Waals surface area contributed by atoms with Crippen LogP contribution in [0.1, 0.15) is 31.0 Å². The van der Waals surface area contributed by atoms with Crippen molar-refractivity contribution in [1.82, 2.24) is 20.8 Å². The molecule has 1 aromatic carbocycles. The highest BCUT2D eigenvalue weighted by molar-refractivity contribution is 14.0. The second-order valence-electron chi connectivity index (χ2n) is 6.02. The first-order valence-electron chi connectivity index (χ1n) is 9.25. The number of benzene rings is 1. The van der Waals surface area contributed by atoms with E-state index in [0.29, 0.717) is 12.4 Å². The normalized spacial score (nSPS) is 11.1. The predicted molar refractivity (Wildman–Crippen MR) is 120 cm³/mol. The SMILES string of the molecule is CCNC(=NCc1ccco1)NCCc1ccc(-c2nc(CC)no2)cc1.I. The Balaban J connectivity index is 0.00000280. The molecule has 0 saturated carbocycles. The number of halogens is 1. The molecule has 8 heteroatoms. The topological polar surface area (TPSA) is 88.5 Å². The van der Waals surface area contributed by atoms with Gasteiger partial charge in [0.2, 0.25) is 0 Å². The summed E-state index contributed by atoms with van der Waals surface area (Å²) in [4.78, 5) is 8.88. The lowest BCUT2D eigenvalue weighted by atomic mass is 10.1. The average Bonchev–Trinajstić information content (AvgIpc) is 3.38. The molecule has 0 aliphatic carbocycles. The van der Waals surface area contributed by atoms with Gasteiger partial charge in [0, 0.05) is 25.1 Å². The molecule has 0 saturated heterocycles. The summed E-state index contributed by atoms with van der Waals surface area (Å²) in [5.74, 6) is 2.91. The Morgan fingerprint density at radius 2 is 1.93 bits per heavy atom. The van der Waals surface area contributed by atoms with Gasteiger partial charge in [-0.05, 0) is 43.2 Å². The number of nitrogens with zero attached hydrogens (tertiary/aromatic N) is 3. The van der Waals surface area contributed by atoms with Crippen molar-refractivity contribution in [3.8, 4) is 11.5 Å². The van der Waals surface area contributed by atoms with Gasteiger partial charge in [-0.1, -0.05) is 24.2 Å². The summed E-state index contributed by atoms with van der Waals surface area (Å²) in [5, 5.41) is 10.5. The van der Waals surface area contributed by atoms with Gasteiger partial charge in [-0.3, -0.25) is 0 Å². The Labute approximate surface area is 182 Å². The maximum atomic E-state index is 5.31. The molecule has 28 heavy (non-hydrogen) atoms. The van der Waals surface area contributed by atoms with Crippen molar-refractivity contribution in [3.05, 3.63) is 59.8 Å². The molecule has 0 radical (unpaired) electrons. The number of furan rings is 1. The molecule has 150 valence electrons. The van der Waals surface area contributed by atoms with Crippen LogP contribution in [-0.2, 0) is 19.4 Å². The van der Waals surface area contributed by atoms with Crippen LogP contribution in [-0.4, -0.2) is 29.2 Å². The van der Waals surface area contributed by atoms with Gasteiger partial charge >= 0.3 is 0 Å². The first kappa shape index (κ1) is 21.9. The minimum absolute atomic E-state index is 0. The standard InChI is InChI=1S/C20H25N5O2.HI/c1-3-18-24-19(27-25-18)16-9-7-15(8-10-16)11-12-22-20(21-4-2)23-14-17-6-5-13-26-17;/h5-10,13H,3-4,11-12,14H2,1-2H3,(H2,21,22,23);1H. The lowest BCUT2D eigenvalue weighted by molar-refractivity contribution is 0.423. The van der Waals surface area contributed by atoms with Gasteiger partial charge in [-0.2, -0.15) is 4.98 Å². The van der Waals surface area contributed by atoms with Gasteiger partial charge < -0.3 is 19.6 Å². The highest BCUT2D eigenvalue weighted by atomic mass is 127. The van der Waals surface area contributed by atoms with Crippen molar-refractivity contribution in [2.45, 2.75) is 33.2 Å². The number of aliphatic imine (C=N–C) groups is 1. The second-order valence-corrected chi connectivity index (χ2v) is 6.02. The van der Waals surface area contributed by atoms with E-state index in [1.807, 2.05) is 38.1 Å². The monoisotopic (exact) mass is 495 g/mol. The molecule has 0 unspecified atom stereocenters. The van der Waals surface area contributed by atoms with Crippen LogP contribution in [0.5, 0.6) is 0 Å². The van der Waals surface area contributed by atoms with Crippen molar-refractivity contribution in [2.24, 2.45) is 4.99 Å². The Morgan fingerprint density at radius 1 is 1.11 bits per heavy atom. The van der Waals surface area contributed by atoms with Crippen molar-refractivity contribution in [3.63, 3.8) is 0 Å². The summed E-state index contributed by atoms with van der Waals surface area (Å²) in [6, 6.07) is 12.0. The number of rotatable bonds is 8. The minimum atomic E-state index is 0. The Bertz CT molecular complexity index is 844. The van der Waals surface area contributed by atoms with Crippen molar-refractivity contribution >= 4 is 29.9 Å². The highest BCUT2D eigenvalue weighted by Crippen LogP contribution is 2.18. The van der Waals surface area contributed by atoms with E-state index < -0.39 is 0 Å². The fraction of sp³-hybridized carbons (Fsp3) is 0.350. The molecular weight excluding hydrogens is 469 g/mol. The molecular formula is C20H26IN5O2. The van der Waals surface area contributed by atoms with E-state index in [9.17, 15) is 0 Å². The van der Waals surface area contributed by atoms with Crippen molar-refractivity contribution < 1.29 is 8.94 Å². The van der Waals surface area contributed by atoms with Crippen LogP contribution in [0.15, 0.2) is 56.6 Å². The summed E-state index contributed by atoms with van der Waals surface area (Å²) >= 11 is 0. The van der Waals surface area contributed by atoms with E-state index in [1.54, 1.807) is 6.26 Å². The van der Waals surface area contributed by atoms with E-state index in [4.69, 9.17) is 8.94 Å². The molecule has 0 spiro atoms. The number of aromatic nitrogens is 2. The minimum Gasteiger partial charge on any atom is -0.467 e. The van der Waals surface area contributed by atoms with Crippen LogP contribution in [0.3, 0.4) is 0 Å². The summed E-state index contributed by atoms with van der Waals surface area (Å²) in [6.07, 6.45) is 3.31. The summed E-state index contributed by atoms with van der Waals surface area (Å²) in [5.41, 5.74) is 2.16. The number of guanidine groups is 1. The van der Waals surface area contributed by atoms with E-state index in [-0.39, 0.29) is 24.0 Å². The lowest BCUT2D eigenvalue weighted by Gasteiger charge is -2.11. The van der Waals surface area contributed by atoms with Gasteiger partial charge in [-0.25, -0.2) is 4.99 Å². The molecule has 0 amide bonds. The van der Waals surface area contributed by atoms with Gasteiger partial charge in [-0.15, -0.1) is 24.0 Å². The predicted octanol–water partition coefficient (Wildman–Crippen LogP) is 3.81. The number of hydrogen-bond acceptors (Lipinski definition) is 5. The number of nitrogens with one attached hydrogen (secondary N) is 2. The molecule has 0 bridgehead atoms. The maximum absolute atomic E-state index is 5.31. The Hall–Kier alpha value is -2.36. The van der Waals surface area contributed by atoms with Gasteiger partial charge in [0.1, 0.15) is 12.3 Å². The summed E-state index contributed by atoms with van der Waals surface area (Å²) in [6.45, 7) is 6.15. The zero-order chi connectivity index (χ0) is 18.9. The summed E-state index contributed by atoms with van der Waals surface area (Å²) < 4.78 is 10.6. The van der Waals surface area contributed by atoms with Crippen LogP contribution in [0, 0.1) is 0 Å².